The van der Waals surface area contributed by atoms with Crippen LogP contribution in [0.15, 0.2) is 53.2 Å². The lowest BCUT2D eigenvalue weighted by molar-refractivity contribution is 0.268. The minimum Gasteiger partial charge on any atom is -0.499 e. The summed E-state index contributed by atoms with van der Waals surface area (Å²) in [6.45, 7) is 4.21. The maximum Gasteiger partial charge on any atom is 0.123 e. The zero-order valence-corrected chi connectivity index (χ0v) is 14.2. The second-order valence-electron chi connectivity index (χ2n) is 6.37. The van der Waals surface area contributed by atoms with Gasteiger partial charge in [-0.25, -0.2) is 0 Å². The molecular formula is C20H21N3O. The summed E-state index contributed by atoms with van der Waals surface area (Å²) in [6, 6.07) is 12.6. The summed E-state index contributed by atoms with van der Waals surface area (Å²) in [6.07, 6.45) is 2.86. The lowest BCUT2D eigenvalue weighted by Crippen LogP contribution is -2.11. The van der Waals surface area contributed by atoms with Crippen molar-refractivity contribution in [3.8, 4) is 0 Å². The first-order chi connectivity index (χ1) is 11.6. The van der Waals surface area contributed by atoms with Gasteiger partial charge in [-0.1, -0.05) is 18.2 Å². The average Bonchev–Trinajstić information content (AvgIpc) is 3.24. The first-order valence-electron chi connectivity index (χ1n) is 8.20. The number of hydrogen-bond acceptors (Lipinski definition) is 2. The summed E-state index contributed by atoms with van der Waals surface area (Å²) >= 11 is 0. The van der Waals surface area contributed by atoms with Crippen LogP contribution in [-0.2, 0) is 11.2 Å². The molecule has 1 aromatic carbocycles. The number of benzene rings is 1. The second-order valence-corrected chi connectivity index (χ2v) is 6.37. The topological polar surface area (TPSA) is 53.2 Å². The molecule has 3 aromatic rings. The van der Waals surface area contributed by atoms with E-state index in [9.17, 15) is 0 Å². The summed E-state index contributed by atoms with van der Waals surface area (Å²) in [5, 5.41) is 1.20. The van der Waals surface area contributed by atoms with E-state index in [-0.39, 0.29) is 6.04 Å². The van der Waals surface area contributed by atoms with E-state index in [2.05, 4.69) is 48.1 Å². The normalized spacial score (nSPS) is 17.2. The fourth-order valence-electron chi connectivity index (χ4n) is 3.39. The van der Waals surface area contributed by atoms with Crippen molar-refractivity contribution < 1.29 is 4.74 Å². The van der Waals surface area contributed by atoms with E-state index < -0.39 is 0 Å². The molecule has 0 saturated heterocycles. The molecule has 122 valence electrons. The standard InChI is InChI=1S/C20H21N3O/c1-12-8-13(2)21-16(12)10-19-20(24-3)11-18(23-19)17-9-14-6-4-5-7-15(14)22-17/h4-9,11,19,21-22H,10H2,1-3H3. The van der Waals surface area contributed by atoms with E-state index in [1.165, 1.54) is 22.3 Å². The number of ether oxygens (including phenoxy) is 1. The van der Waals surface area contributed by atoms with E-state index >= 15 is 0 Å². The predicted molar refractivity (Wildman–Crippen MR) is 97.7 cm³/mol. The highest BCUT2D eigenvalue weighted by Crippen LogP contribution is 2.25. The van der Waals surface area contributed by atoms with Gasteiger partial charge in [-0.15, -0.1) is 0 Å². The van der Waals surface area contributed by atoms with Crippen molar-refractivity contribution in [1.82, 2.24) is 9.97 Å². The van der Waals surface area contributed by atoms with Gasteiger partial charge >= 0.3 is 0 Å². The van der Waals surface area contributed by atoms with Gasteiger partial charge in [0.05, 0.1) is 18.5 Å². The second kappa shape index (κ2) is 5.71. The number of aliphatic imine (C=N–C) groups is 1. The monoisotopic (exact) mass is 319 g/mol. The Balaban J connectivity index is 1.66. The van der Waals surface area contributed by atoms with Crippen molar-refractivity contribution >= 4 is 16.6 Å². The Kier molecular flexibility index (Phi) is 3.53. The SMILES string of the molecule is COC1=CC(c2cc3ccccc3[nH]2)=NC1Cc1[nH]c(C)cc1C. The van der Waals surface area contributed by atoms with Crippen LogP contribution in [0.3, 0.4) is 0 Å². The number of para-hydroxylation sites is 1. The van der Waals surface area contributed by atoms with Gasteiger partial charge in [-0.3, -0.25) is 4.99 Å². The van der Waals surface area contributed by atoms with Crippen LogP contribution >= 0.6 is 0 Å². The molecule has 0 radical (unpaired) electrons. The van der Waals surface area contributed by atoms with Gasteiger partial charge in [0, 0.05) is 34.8 Å². The number of allylic oxidation sites excluding steroid dienone is 1. The fraction of sp³-hybridized carbons (Fsp3) is 0.250. The number of methoxy groups -OCH3 is 1. The van der Waals surface area contributed by atoms with Gasteiger partial charge in [0.1, 0.15) is 11.8 Å². The number of nitrogens with one attached hydrogen (secondary N) is 2. The number of nitrogens with zero attached hydrogens (tertiary/aromatic N) is 1. The molecule has 4 nitrogen and oxygen atoms in total. The molecule has 24 heavy (non-hydrogen) atoms. The van der Waals surface area contributed by atoms with Crippen LogP contribution in [0.5, 0.6) is 0 Å². The van der Waals surface area contributed by atoms with Crippen LogP contribution in [0.4, 0.5) is 0 Å². The molecule has 3 heterocycles. The smallest absolute Gasteiger partial charge is 0.123 e. The summed E-state index contributed by atoms with van der Waals surface area (Å²) < 4.78 is 5.59. The van der Waals surface area contributed by atoms with Crippen LogP contribution < -0.4 is 0 Å². The number of rotatable bonds is 4. The minimum atomic E-state index is 0.0214. The number of fused-ring (bicyclic) bond motifs is 1. The van der Waals surface area contributed by atoms with E-state index in [4.69, 9.17) is 9.73 Å². The first-order valence-corrected chi connectivity index (χ1v) is 8.20. The average molecular weight is 319 g/mol. The summed E-state index contributed by atoms with van der Waals surface area (Å²) in [7, 11) is 1.72. The Morgan fingerprint density at radius 1 is 1.12 bits per heavy atom. The van der Waals surface area contributed by atoms with Gasteiger partial charge in [-0.05, 0) is 37.6 Å². The number of H-pyrrole nitrogens is 2. The van der Waals surface area contributed by atoms with Crippen molar-refractivity contribution in [2.45, 2.75) is 26.3 Å². The highest BCUT2D eigenvalue weighted by atomic mass is 16.5. The molecule has 0 saturated carbocycles. The molecular weight excluding hydrogens is 298 g/mol. The lowest BCUT2D eigenvalue weighted by atomic mass is 10.1. The molecule has 0 bridgehead atoms. The Morgan fingerprint density at radius 2 is 1.96 bits per heavy atom. The van der Waals surface area contributed by atoms with Crippen molar-refractivity contribution in [3.05, 3.63) is 70.9 Å². The van der Waals surface area contributed by atoms with Crippen LogP contribution in [0.1, 0.15) is 22.6 Å². The van der Waals surface area contributed by atoms with Crippen molar-refractivity contribution in [2.75, 3.05) is 7.11 Å². The third-order valence-corrected chi connectivity index (χ3v) is 4.60. The molecule has 0 amide bonds. The molecule has 0 fully saturated rings. The molecule has 4 rings (SSSR count). The molecule has 2 aromatic heterocycles. The predicted octanol–water partition coefficient (Wildman–Crippen LogP) is 4.06. The largest absolute Gasteiger partial charge is 0.499 e. The highest BCUT2D eigenvalue weighted by molar-refractivity contribution is 6.11. The fourth-order valence-corrected chi connectivity index (χ4v) is 3.39. The van der Waals surface area contributed by atoms with Crippen LogP contribution in [0, 0.1) is 13.8 Å². The Morgan fingerprint density at radius 3 is 2.67 bits per heavy atom. The highest BCUT2D eigenvalue weighted by Gasteiger charge is 2.24. The van der Waals surface area contributed by atoms with Gasteiger partial charge in [0.15, 0.2) is 0 Å². The van der Waals surface area contributed by atoms with Crippen LogP contribution in [0.2, 0.25) is 0 Å². The third kappa shape index (κ3) is 2.54. The van der Waals surface area contributed by atoms with E-state index in [1.54, 1.807) is 7.11 Å². The molecule has 1 aliphatic rings. The Labute approximate surface area is 141 Å². The molecule has 0 spiro atoms. The quantitative estimate of drug-likeness (QED) is 0.748. The zero-order chi connectivity index (χ0) is 16.7. The molecule has 4 heteroatoms. The maximum atomic E-state index is 5.59. The van der Waals surface area contributed by atoms with Crippen LogP contribution in [-0.4, -0.2) is 28.8 Å². The number of aryl methyl sites for hydroxylation is 2. The molecule has 1 aliphatic heterocycles. The third-order valence-electron chi connectivity index (χ3n) is 4.60. The molecule has 0 aliphatic carbocycles. The molecule has 1 unspecified atom stereocenters. The number of hydrogen-bond donors (Lipinski definition) is 2. The van der Waals surface area contributed by atoms with Gasteiger partial charge in [0.2, 0.25) is 0 Å². The Bertz CT molecular complexity index is 925. The van der Waals surface area contributed by atoms with Crippen LogP contribution in [0.25, 0.3) is 10.9 Å². The number of aromatic nitrogens is 2. The maximum absolute atomic E-state index is 5.59. The van der Waals surface area contributed by atoms with E-state index in [0.717, 1.165) is 29.1 Å². The summed E-state index contributed by atoms with van der Waals surface area (Å²) in [5.74, 6) is 0.912. The van der Waals surface area contributed by atoms with E-state index in [1.807, 2.05) is 18.2 Å². The van der Waals surface area contributed by atoms with Crippen molar-refractivity contribution in [1.29, 1.82) is 0 Å². The summed E-state index contributed by atoms with van der Waals surface area (Å²) in [4.78, 5) is 11.8. The lowest BCUT2D eigenvalue weighted by Gasteiger charge is -2.11. The zero-order valence-electron chi connectivity index (χ0n) is 14.2. The van der Waals surface area contributed by atoms with Crippen molar-refractivity contribution in [2.24, 2.45) is 4.99 Å². The molecule has 2 N–H and O–H groups in total. The molecule has 1 atom stereocenters. The van der Waals surface area contributed by atoms with E-state index in [0.29, 0.717) is 0 Å². The number of aromatic amines is 2. The Hall–Kier alpha value is -2.75. The van der Waals surface area contributed by atoms with Crippen molar-refractivity contribution in [3.63, 3.8) is 0 Å². The first kappa shape index (κ1) is 14.8. The van der Waals surface area contributed by atoms with Gasteiger partial charge < -0.3 is 14.7 Å². The summed E-state index contributed by atoms with van der Waals surface area (Å²) in [5.41, 5.74) is 6.80. The van der Waals surface area contributed by atoms with Gasteiger partial charge in [-0.2, -0.15) is 0 Å². The van der Waals surface area contributed by atoms with Gasteiger partial charge in [0.25, 0.3) is 0 Å². The minimum absolute atomic E-state index is 0.0214.